The van der Waals surface area contributed by atoms with E-state index in [1.165, 1.54) is 6.42 Å². The Kier molecular flexibility index (Phi) is 3.19. The summed E-state index contributed by atoms with van der Waals surface area (Å²) in [5.74, 6) is 1.55. The van der Waals surface area contributed by atoms with Gasteiger partial charge in [-0.2, -0.15) is 0 Å². The molecule has 1 aromatic carbocycles. The summed E-state index contributed by atoms with van der Waals surface area (Å²) in [5.41, 5.74) is 6.55. The van der Waals surface area contributed by atoms with Crippen molar-refractivity contribution in [2.45, 2.75) is 25.7 Å². The van der Waals surface area contributed by atoms with E-state index < -0.39 is 0 Å². The molecule has 2 N–H and O–H groups in total. The first-order chi connectivity index (χ1) is 9.22. The van der Waals surface area contributed by atoms with Crippen molar-refractivity contribution in [2.24, 2.45) is 11.1 Å². The van der Waals surface area contributed by atoms with E-state index >= 15 is 0 Å². The van der Waals surface area contributed by atoms with Crippen LogP contribution in [0, 0.1) is 5.41 Å². The fraction of sp³-hybridized carbons (Fsp3) is 0.533. The Labute approximate surface area is 112 Å². The van der Waals surface area contributed by atoms with Crippen molar-refractivity contribution in [1.29, 1.82) is 0 Å². The molecule has 1 aliphatic carbocycles. The van der Waals surface area contributed by atoms with Crippen molar-refractivity contribution in [3.05, 3.63) is 23.8 Å². The lowest BCUT2D eigenvalue weighted by molar-refractivity contribution is 0.0785. The standard InChI is InChI=1S/C15H19NO3/c16-10-15(4-1-5-15)9-12(17)11-2-3-13-14(8-11)19-7-6-18-13/h2-3,8H,1,4-7,9-10,16H2. The van der Waals surface area contributed by atoms with Gasteiger partial charge in [0.25, 0.3) is 0 Å². The topological polar surface area (TPSA) is 61.6 Å². The normalized spacial score (nSPS) is 19.6. The third kappa shape index (κ3) is 2.32. The van der Waals surface area contributed by atoms with Gasteiger partial charge in [-0.1, -0.05) is 6.42 Å². The van der Waals surface area contributed by atoms with Gasteiger partial charge in [-0.15, -0.1) is 0 Å². The average molecular weight is 261 g/mol. The molecule has 2 aliphatic rings. The minimum absolute atomic E-state index is 0.0460. The summed E-state index contributed by atoms with van der Waals surface area (Å²) in [6.45, 7) is 1.71. The molecule has 0 bridgehead atoms. The van der Waals surface area contributed by atoms with Crippen LogP contribution in [0.1, 0.15) is 36.0 Å². The Morgan fingerprint density at radius 1 is 1.21 bits per heavy atom. The Balaban J connectivity index is 1.76. The van der Waals surface area contributed by atoms with Crippen molar-refractivity contribution < 1.29 is 14.3 Å². The van der Waals surface area contributed by atoms with E-state index in [9.17, 15) is 4.79 Å². The zero-order valence-electron chi connectivity index (χ0n) is 11.0. The summed E-state index contributed by atoms with van der Waals surface area (Å²) < 4.78 is 11.0. The summed E-state index contributed by atoms with van der Waals surface area (Å²) in [7, 11) is 0. The predicted octanol–water partition coefficient (Wildman–Crippen LogP) is 2.16. The molecule has 0 spiro atoms. The number of hydrogen-bond acceptors (Lipinski definition) is 4. The van der Waals surface area contributed by atoms with Gasteiger partial charge in [0.1, 0.15) is 13.2 Å². The van der Waals surface area contributed by atoms with Crippen molar-refractivity contribution in [3.63, 3.8) is 0 Å². The molecule has 0 saturated heterocycles. The monoisotopic (exact) mass is 261 g/mol. The maximum Gasteiger partial charge on any atom is 0.163 e. The largest absolute Gasteiger partial charge is 0.486 e. The fourth-order valence-electron chi connectivity index (χ4n) is 2.79. The Morgan fingerprint density at radius 3 is 2.58 bits per heavy atom. The first kappa shape index (κ1) is 12.5. The van der Waals surface area contributed by atoms with Gasteiger partial charge in [-0.3, -0.25) is 4.79 Å². The second-order valence-electron chi connectivity index (χ2n) is 5.52. The molecule has 4 nitrogen and oxygen atoms in total. The van der Waals surface area contributed by atoms with Gasteiger partial charge >= 0.3 is 0 Å². The van der Waals surface area contributed by atoms with Gasteiger partial charge in [0.15, 0.2) is 17.3 Å². The smallest absolute Gasteiger partial charge is 0.163 e. The number of fused-ring (bicyclic) bond motifs is 1. The molecule has 1 aromatic rings. The van der Waals surface area contributed by atoms with E-state index in [0.717, 1.165) is 18.6 Å². The number of Topliss-reactive ketones (excluding diaryl/α,β-unsaturated/α-hetero) is 1. The highest BCUT2D eigenvalue weighted by atomic mass is 16.6. The molecule has 0 radical (unpaired) electrons. The molecule has 0 atom stereocenters. The molecule has 0 unspecified atom stereocenters. The third-order valence-electron chi connectivity index (χ3n) is 4.25. The Hall–Kier alpha value is -1.55. The lowest BCUT2D eigenvalue weighted by Crippen LogP contribution is -2.39. The minimum Gasteiger partial charge on any atom is -0.486 e. The molecule has 1 fully saturated rings. The van der Waals surface area contributed by atoms with Crippen LogP contribution in [0.25, 0.3) is 0 Å². The number of nitrogens with two attached hydrogens (primary N) is 1. The minimum atomic E-state index is 0.0460. The number of carbonyl (C=O) groups is 1. The van der Waals surface area contributed by atoms with Gasteiger partial charge in [0.2, 0.25) is 0 Å². The van der Waals surface area contributed by atoms with Gasteiger partial charge in [0.05, 0.1) is 0 Å². The van der Waals surface area contributed by atoms with Crippen molar-refractivity contribution in [3.8, 4) is 11.5 Å². The van der Waals surface area contributed by atoms with Crippen molar-refractivity contribution >= 4 is 5.78 Å². The molecule has 0 amide bonds. The summed E-state index contributed by atoms with van der Waals surface area (Å²) in [5, 5.41) is 0. The Morgan fingerprint density at radius 2 is 1.95 bits per heavy atom. The summed E-state index contributed by atoms with van der Waals surface area (Å²) in [4.78, 5) is 12.3. The zero-order valence-corrected chi connectivity index (χ0v) is 11.0. The highest BCUT2D eigenvalue weighted by Crippen LogP contribution is 2.44. The van der Waals surface area contributed by atoms with E-state index in [-0.39, 0.29) is 11.2 Å². The zero-order chi connectivity index (χ0) is 13.3. The number of ketones is 1. The number of rotatable bonds is 4. The molecular weight excluding hydrogens is 242 g/mol. The molecule has 1 saturated carbocycles. The molecule has 0 aromatic heterocycles. The van der Waals surface area contributed by atoms with E-state index in [1.807, 2.05) is 12.1 Å². The van der Waals surface area contributed by atoms with E-state index in [4.69, 9.17) is 15.2 Å². The van der Waals surface area contributed by atoms with E-state index in [0.29, 0.717) is 37.5 Å². The predicted molar refractivity (Wildman–Crippen MR) is 71.7 cm³/mol. The van der Waals surface area contributed by atoms with Gasteiger partial charge in [-0.05, 0) is 43.0 Å². The van der Waals surface area contributed by atoms with Crippen LogP contribution in [-0.4, -0.2) is 25.5 Å². The highest BCUT2D eigenvalue weighted by Gasteiger charge is 2.37. The van der Waals surface area contributed by atoms with E-state index in [1.54, 1.807) is 6.07 Å². The molecule has 102 valence electrons. The second kappa shape index (κ2) is 4.85. The van der Waals surface area contributed by atoms with Crippen molar-refractivity contribution in [2.75, 3.05) is 19.8 Å². The summed E-state index contributed by atoms with van der Waals surface area (Å²) >= 11 is 0. The fourth-order valence-corrected chi connectivity index (χ4v) is 2.79. The van der Waals surface area contributed by atoms with Crippen LogP contribution in [-0.2, 0) is 0 Å². The quantitative estimate of drug-likeness (QED) is 0.844. The molecule has 1 aliphatic heterocycles. The maximum atomic E-state index is 12.3. The van der Waals surface area contributed by atoms with Gasteiger partial charge in [-0.25, -0.2) is 0 Å². The SMILES string of the molecule is NCC1(CC(=O)c2ccc3c(c2)OCCO3)CCC1. The molecule has 4 heteroatoms. The lowest BCUT2D eigenvalue weighted by atomic mass is 9.65. The maximum absolute atomic E-state index is 12.3. The number of hydrogen-bond donors (Lipinski definition) is 1. The molecule has 3 rings (SSSR count). The Bertz CT molecular complexity index is 489. The molecular formula is C15H19NO3. The molecule has 19 heavy (non-hydrogen) atoms. The lowest BCUT2D eigenvalue weighted by Gasteiger charge is -2.40. The van der Waals surface area contributed by atoms with Crippen LogP contribution in [0.2, 0.25) is 0 Å². The van der Waals surface area contributed by atoms with E-state index in [2.05, 4.69) is 0 Å². The van der Waals surface area contributed by atoms with Crippen LogP contribution >= 0.6 is 0 Å². The number of benzene rings is 1. The summed E-state index contributed by atoms with van der Waals surface area (Å²) in [6.07, 6.45) is 3.87. The number of carbonyl (C=O) groups excluding carboxylic acids is 1. The van der Waals surface area contributed by atoms with Crippen LogP contribution in [0.15, 0.2) is 18.2 Å². The van der Waals surface area contributed by atoms with Crippen LogP contribution < -0.4 is 15.2 Å². The first-order valence-corrected chi connectivity index (χ1v) is 6.85. The molecule has 1 heterocycles. The van der Waals surface area contributed by atoms with Crippen molar-refractivity contribution in [1.82, 2.24) is 0 Å². The first-order valence-electron chi connectivity index (χ1n) is 6.85. The van der Waals surface area contributed by atoms with Crippen LogP contribution in [0.4, 0.5) is 0 Å². The van der Waals surface area contributed by atoms with Gasteiger partial charge in [0, 0.05) is 12.0 Å². The van der Waals surface area contributed by atoms with Crippen LogP contribution in [0.3, 0.4) is 0 Å². The third-order valence-corrected chi connectivity index (χ3v) is 4.25. The second-order valence-corrected chi connectivity index (χ2v) is 5.52. The highest BCUT2D eigenvalue weighted by molar-refractivity contribution is 5.97. The average Bonchev–Trinajstić information content (AvgIpc) is 2.42. The number of ether oxygens (including phenoxy) is 2. The summed E-state index contributed by atoms with van der Waals surface area (Å²) in [6, 6.07) is 5.43. The van der Waals surface area contributed by atoms with Gasteiger partial charge < -0.3 is 15.2 Å². The van der Waals surface area contributed by atoms with Crippen LogP contribution in [0.5, 0.6) is 11.5 Å².